The third-order valence-corrected chi connectivity index (χ3v) is 7.00. The van der Waals surface area contributed by atoms with Gasteiger partial charge in [0.2, 0.25) is 9.84 Å². The molecule has 0 aromatic heterocycles. The number of halogens is 1. The van der Waals surface area contributed by atoms with E-state index in [1.54, 1.807) is 42.5 Å². The molecule has 0 bridgehead atoms. The van der Waals surface area contributed by atoms with E-state index >= 15 is 0 Å². The maximum atomic E-state index is 12.7. The van der Waals surface area contributed by atoms with Gasteiger partial charge in [-0.15, -0.1) is 0 Å². The second-order valence-electron chi connectivity index (χ2n) is 4.93. The Bertz CT molecular complexity index is 748. The first-order valence-corrected chi connectivity index (χ1v) is 8.64. The summed E-state index contributed by atoms with van der Waals surface area (Å²) in [4.78, 5) is 12.6. The summed E-state index contributed by atoms with van der Waals surface area (Å²) in [6.07, 6.45) is 0. The summed E-state index contributed by atoms with van der Waals surface area (Å²) >= 11 is 3.12. The number of sulfone groups is 1. The van der Waals surface area contributed by atoms with Gasteiger partial charge in [0.15, 0.2) is 9.44 Å². The first-order chi connectivity index (χ1) is 9.76. The second-order valence-corrected chi connectivity index (χ2v) is 9.33. The van der Waals surface area contributed by atoms with E-state index in [0.717, 1.165) is 5.56 Å². The SMILES string of the molecule is Cc1ccc(S(=O)(=O)C(C)(Br)C(=O)c2ccccc2)cc1. The predicted octanol–water partition coefficient (Wildman–Crippen LogP) is 3.76. The Hall–Kier alpha value is -1.46. The first kappa shape index (κ1) is 15.9. The van der Waals surface area contributed by atoms with Crippen molar-refractivity contribution >= 4 is 31.6 Å². The van der Waals surface area contributed by atoms with Gasteiger partial charge in [0.25, 0.3) is 0 Å². The molecule has 110 valence electrons. The van der Waals surface area contributed by atoms with Gasteiger partial charge in [0.1, 0.15) is 0 Å². The molecule has 0 aliphatic rings. The predicted molar refractivity (Wildman–Crippen MR) is 86.5 cm³/mol. The summed E-state index contributed by atoms with van der Waals surface area (Å²) in [5, 5.41) is 0. The largest absolute Gasteiger partial charge is 0.291 e. The minimum atomic E-state index is -3.84. The number of carbonyl (C=O) groups is 1. The van der Waals surface area contributed by atoms with E-state index in [0.29, 0.717) is 5.56 Å². The number of ketones is 1. The fourth-order valence-corrected chi connectivity index (χ4v) is 4.00. The van der Waals surface area contributed by atoms with Gasteiger partial charge < -0.3 is 0 Å². The summed E-state index contributed by atoms with van der Waals surface area (Å²) in [5.41, 5.74) is 1.31. The van der Waals surface area contributed by atoms with E-state index in [9.17, 15) is 13.2 Å². The maximum Gasteiger partial charge on any atom is 0.201 e. The van der Waals surface area contributed by atoms with Crippen molar-refractivity contribution in [2.45, 2.75) is 22.4 Å². The monoisotopic (exact) mass is 366 g/mol. The van der Waals surface area contributed by atoms with E-state index in [-0.39, 0.29) is 4.90 Å². The molecule has 0 spiro atoms. The summed E-state index contributed by atoms with van der Waals surface area (Å²) in [6, 6.07) is 14.8. The van der Waals surface area contributed by atoms with Crippen LogP contribution in [-0.4, -0.2) is 17.9 Å². The molecule has 0 amide bonds. The smallest absolute Gasteiger partial charge is 0.201 e. The average molecular weight is 367 g/mol. The van der Waals surface area contributed by atoms with Crippen LogP contribution >= 0.6 is 15.9 Å². The Morgan fingerprint density at radius 1 is 1.00 bits per heavy atom. The summed E-state index contributed by atoms with van der Waals surface area (Å²) < 4.78 is 23.7. The van der Waals surface area contributed by atoms with Crippen LogP contribution in [0.4, 0.5) is 0 Å². The molecule has 1 unspecified atom stereocenters. The van der Waals surface area contributed by atoms with Gasteiger partial charge >= 0.3 is 0 Å². The molecule has 0 saturated carbocycles. The van der Waals surface area contributed by atoms with Crippen molar-refractivity contribution in [3.05, 3.63) is 65.7 Å². The molecule has 0 saturated heterocycles. The Morgan fingerprint density at radius 3 is 2.05 bits per heavy atom. The molecule has 0 N–H and O–H groups in total. The average Bonchev–Trinajstić information content (AvgIpc) is 2.47. The van der Waals surface area contributed by atoms with Crippen LogP contribution < -0.4 is 0 Å². The number of rotatable bonds is 4. The van der Waals surface area contributed by atoms with Crippen molar-refractivity contribution in [3.63, 3.8) is 0 Å². The van der Waals surface area contributed by atoms with E-state index in [1.807, 2.05) is 6.92 Å². The quantitative estimate of drug-likeness (QED) is 0.611. The van der Waals surface area contributed by atoms with Gasteiger partial charge in [0, 0.05) is 5.56 Å². The second kappa shape index (κ2) is 5.73. The highest BCUT2D eigenvalue weighted by molar-refractivity contribution is 9.12. The lowest BCUT2D eigenvalue weighted by Crippen LogP contribution is -2.37. The molecule has 3 nitrogen and oxygen atoms in total. The Labute approximate surface area is 133 Å². The van der Waals surface area contributed by atoms with Crippen LogP contribution in [0.25, 0.3) is 0 Å². The number of aryl methyl sites for hydroxylation is 1. The van der Waals surface area contributed by atoms with Crippen LogP contribution in [0.5, 0.6) is 0 Å². The fraction of sp³-hybridized carbons (Fsp3) is 0.188. The number of carbonyl (C=O) groups excluding carboxylic acids is 1. The number of hydrogen-bond donors (Lipinski definition) is 0. The lowest BCUT2D eigenvalue weighted by atomic mass is 10.1. The van der Waals surface area contributed by atoms with Crippen LogP contribution in [0, 0.1) is 6.92 Å². The lowest BCUT2D eigenvalue weighted by Gasteiger charge is -2.21. The van der Waals surface area contributed by atoms with E-state index in [2.05, 4.69) is 15.9 Å². The van der Waals surface area contributed by atoms with E-state index in [4.69, 9.17) is 0 Å². The van der Waals surface area contributed by atoms with E-state index < -0.39 is 19.3 Å². The van der Waals surface area contributed by atoms with Crippen molar-refractivity contribution < 1.29 is 13.2 Å². The minimum absolute atomic E-state index is 0.122. The number of benzene rings is 2. The van der Waals surface area contributed by atoms with Crippen LogP contribution in [0.15, 0.2) is 59.5 Å². The van der Waals surface area contributed by atoms with E-state index in [1.165, 1.54) is 19.1 Å². The highest BCUT2D eigenvalue weighted by Gasteiger charge is 2.45. The van der Waals surface area contributed by atoms with Gasteiger partial charge in [-0.25, -0.2) is 8.42 Å². The molecule has 0 heterocycles. The Kier molecular flexibility index (Phi) is 4.35. The van der Waals surface area contributed by atoms with Gasteiger partial charge in [-0.1, -0.05) is 64.0 Å². The van der Waals surface area contributed by atoms with Crippen LogP contribution in [-0.2, 0) is 9.84 Å². The zero-order valence-electron chi connectivity index (χ0n) is 11.7. The molecule has 2 aromatic rings. The molecule has 0 radical (unpaired) electrons. The molecular weight excluding hydrogens is 352 g/mol. The Morgan fingerprint density at radius 2 is 1.52 bits per heavy atom. The van der Waals surface area contributed by atoms with Crippen molar-refractivity contribution in [2.24, 2.45) is 0 Å². The normalized spacial score (nSPS) is 14.4. The van der Waals surface area contributed by atoms with Crippen LogP contribution in [0.3, 0.4) is 0 Å². The number of hydrogen-bond acceptors (Lipinski definition) is 3. The van der Waals surface area contributed by atoms with Crippen LogP contribution in [0.2, 0.25) is 0 Å². The lowest BCUT2D eigenvalue weighted by molar-refractivity contribution is 0.0983. The molecule has 21 heavy (non-hydrogen) atoms. The van der Waals surface area contributed by atoms with Crippen molar-refractivity contribution in [2.75, 3.05) is 0 Å². The van der Waals surface area contributed by atoms with Crippen molar-refractivity contribution in [3.8, 4) is 0 Å². The molecule has 0 aliphatic carbocycles. The number of alkyl halides is 1. The third kappa shape index (κ3) is 2.94. The maximum absolute atomic E-state index is 12.7. The van der Waals surface area contributed by atoms with Crippen LogP contribution in [0.1, 0.15) is 22.8 Å². The van der Waals surface area contributed by atoms with Gasteiger partial charge in [-0.2, -0.15) is 0 Å². The zero-order valence-corrected chi connectivity index (χ0v) is 14.1. The third-order valence-electron chi connectivity index (χ3n) is 3.28. The zero-order chi connectivity index (χ0) is 15.7. The molecular formula is C16H15BrO3S. The number of Topliss-reactive ketones (excluding diaryl/α,β-unsaturated/α-hetero) is 1. The van der Waals surface area contributed by atoms with Crippen molar-refractivity contribution in [1.29, 1.82) is 0 Å². The summed E-state index contributed by atoms with van der Waals surface area (Å²) in [6.45, 7) is 3.25. The Balaban J connectivity index is 2.47. The van der Waals surface area contributed by atoms with Crippen molar-refractivity contribution in [1.82, 2.24) is 0 Å². The molecule has 1 atom stereocenters. The first-order valence-electron chi connectivity index (χ1n) is 6.37. The molecule has 2 rings (SSSR count). The highest BCUT2D eigenvalue weighted by atomic mass is 79.9. The summed E-state index contributed by atoms with van der Waals surface area (Å²) in [7, 11) is -3.84. The minimum Gasteiger partial charge on any atom is -0.291 e. The molecule has 5 heteroatoms. The topological polar surface area (TPSA) is 51.2 Å². The molecule has 0 fully saturated rings. The highest BCUT2D eigenvalue weighted by Crippen LogP contribution is 2.34. The standard InChI is InChI=1S/C16H15BrO3S/c1-12-8-10-14(11-9-12)21(19,20)16(2,17)15(18)13-6-4-3-5-7-13/h3-11H,1-2H3. The molecule has 2 aromatic carbocycles. The molecule has 0 aliphatic heterocycles. The fourth-order valence-electron chi connectivity index (χ4n) is 1.91. The van der Waals surface area contributed by atoms with Gasteiger partial charge in [-0.3, -0.25) is 4.79 Å². The summed E-state index contributed by atoms with van der Waals surface area (Å²) in [5.74, 6) is -0.483. The van der Waals surface area contributed by atoms with Gasteiger partial charge in [-0.05, 0) is 26.0 Å². The van der Waals surface area contributed by atoms with Gasteiger partial charge in [0.05, 0.1) is 4.90 Å².